The minimum atomic E-state index is -0.449. The summed E-state index contributed by atoms with van der Waals surface area (Å²) in [5.41, 5.74) is 7.27. The number of amides is 1. The third-order valence-corrected chi connectivity index (χ3v) is 2.51. The average molecular weight is 212 g/mol. The summed E-state index contributed by atoms with van der Waals surface area (Å²) in [6, 6.07) is 5.15. The molecule has 2 heterocycles. The van der Waals surface area contributed by atoms with Crippen LogP contribution in [0.2, 0.25) is 0 Å². The zero-order valence-electron chi connectivity index (χ0n) is 8.29. The largest absolute Gasteiger partial charge is 0.366 e. The van der Waals surface area contributed by atoms with Crippen LogP contribution in [0.25, 0.3) is 16.6 Å². The Bertz CT molecular complexity index is 701. The maximum Gasteiger partial charge on any atom is 0.248 e. The lowest BCUT2D eigenvalue weighted by Gasteiger charge is -2.01. The van der Waals surface area contributed by atoms with Crippen LogP contribution in [0.4, 0.5) is 0 Å². The summed E-state index contributed by atoms with van der Waals surface area (Å²) in [5, 5.41) is 0.823. The highest BCUT2D eigenvalue weighted by molar-refractivity contribution is 6.00. The summed E-state index contributed by atoms with van der Waals surface area (Å²) >= 11 is 0. The summed E-state index contributed by atoms with van der Waals surface area (Å²) < 4.78 is 1.80. The number of fused-ring (bicyclic) bond motifs is 3. The van der Waals surface area contributed by atoms with Crippen LogP contribution in [0.15, 0.2) is 36.9 Å². The van der Waals surface area contributed by atoms with Crippen molar-refractivity contribution in [3.63, 3.8) is 0 Å². The molecule has 0 bridgehead atoms. The number of rotatable bonds is 1. The Kier molecular flexibility index (Phi) is 1.67. The molecule has 1 amide bonds. The molecule has 2 N–H and O–H groups in total. The molecule has 16 heavy (non-hydrogen) atoms. The first-order valence-corrected chi connectivity index (χ1v) is 4.77. The highest BCUT2D eigenvalue weighted by atomic mass is 16.1. The van der Waals surface area contributed by atoms with Crippen molar-refractivity contribution >= 4 is 22.5 Å². The van der Waals surface area contributed by atoms with Crippen LogP contribution < -0.4 is 5.73 Å². The molecule has 78 valence electrons. The van der Waals surface area contributed by atoms with Gasteiger partial charge in [0.25, 0.3) is 0 Å². The highest BCUT2D eigenvalue weighted by Crippen LogP contribution is 2.17. The third-order valence-electron chi connectivity index (χ3n) is 2.51. The van der Waals surface area contributed by atoms with Crippen molar-refractivity contribution in [3.8, 4) is 0 Å². The molecule has 0 aliphatic heterocycles. The summed E-state index contributed by atoms with van der Waals surface area (Å²) in [4.78, 5) is 19.6. The number of aromatic nitrogens is 3. The number of imidazole rings is 1. The van der Waals surface area contributed by atoms with E-state index in [1.165, 1.54) is 0 Å². The van der Waals surface area contributed by atoms with Crippen molar-refractivity contribution in [2.75, 3.05) is 0 Å². The van der Waals surface area contributed by atoms with Gasteiger partial charge in [-0.1, -0.05) is 0 Å². The molecule has 5 nitrogen and oxygen atoms in total. The van der Waals surface area contributed by atoms with E-state index in [0.29, 0.717) is 5.56 Å². The predicted octanol–water partition coefficient (Wildman–Crippen LogP) is 0.981. The molecule has 0 saturated carbocycles. The standard InChI is InChI=1S/C11H8N4O/c12-10(16)7-1-2-9-8(5-7)11-13-3-4-15(11)6-14-9/h1-6H,(H2,12,16). The maximum absolute atomic E-state index is 11.1. The summed E-state index contributed by atoms with van der Waals surface area (Å²) in [6.07, 6.45) is 5.18. The van der Waals surface area contributed by atoms with Gasteiger partial charge >= 0.3 is 0 Å². The van der Waals surface area contributed by atoms with Crippen molar-refractivity contribution < 1.29 is 4.79 Å². The molecule has 3 aromatic rings. The molecule has 0 radical (unpaired) electrons. The smallest absolute Gasteiger partial charge is 0.248 e. The fraction of sp³-hybridized carbons (Fsp3) is 0. The molecule has 0 saturated heterocycles. The zero-order chi connectivity index (χ0) is 11.1. The lowest BCUT2D eigenvalue weighted by molar-refractivity contribution is 0.100. The fourth-order valence-corrected chi connectivity index (χ4v) is 1.72. The second kappa shape index (κ2) is 3.03. The number of hydrogen-bond donors (Lipinski definition) is 1. The van der Waals surface area contributed by atoms with Crippen molar-refractivity contribution in [3.05, 3.63) is 42.5 Å². The Morgan fingerprint density at radius 3 is 3.00 bits per heavy atom. The summed E-state index contributed by atoms with van der Waals surface area (Å²) in [5.74, 6) is -0.449. The topological polar surface area (TPSA) is 73.3 Å². The monoisotopic (exact) mass is 212 g/mol. The second-order valence-electron chi connectivity index (χ2n) is 3.50. The Hall–Kier alpha value is -2.43. The lowest BCUT2D eigenvalue weighted by Crippen LogP contribution is -2.10. The van der Waals surface area contributed by atoms with Gasteiger partial charge in [0.2, 0.25) is 5.91 Å². The Morgan fingerprint density at radius 1 is 1.31 bits per heavy atom. The fourth-order valence-electron chi connectivity index (χ4n) is 1.72. The molecule has 0 atom stereocenters. The van der Waals surface area contributed by atoms with Crippen molar-refractivity contribution in [2.24, 2.45) is 5.73 Å². The lowest BCUT2D eigenvalue weighted by atomic mass is 10.1. The average Bonchev–Trinajstić information content (AvgIpc) is 2.76. The molecule has 5 heteroatoms. The SMILES string of the molecule is NC(=O)c1ccc2ncn3ccnc3c2c1. The zero-order valence-corrected chi connectivity index (χ0v) is 8.29. The maximum atomic E-state index is 11.1. The van der Waals surface area contributed by atoms with E-state index >= 15 is 0 Å². The number of nitrogens with zero attached hydrogens (tertiary/aromatic N) is 3. The Labute approximate surface area is 90.5 Å². The van der Waals surface area contributed by atoms with Gasteiger partial charge in [-0.05, 0) is 18.2 Å². The van der Waals surface area contributed by atoms with E-state index in [9.17, 15) is 4.79 Å². The van der Waals surface area contributed by atoms with Crippen LogP contribution in [0, 0.1) is 0 Å². The molecule has 0 fully saturated rings. The van der Waals surface area contributed by atoms with Gasteiger partial charge in [0, 0.05) is 23.3 Å². The van der Waals surface area contributed by atoms with E-state index in [1.807, 2.05) is 0 Å². The minimum absolute atomic E-state index is 0.449. The molecule has 3 rings (SSSR count). The van der Waals surface area contributed by atoms with Gasteiger partial charge in [0.1, 0.15) is 12.0 Å². The summed E-state index contributed by atoms with van der Waals surface area (Å²) in [6.45, 7) is 0. The molecule has 0 aliphatic carbocycles. The molecular weight excluding hydrogens is 204 g/mol. The van der Waals surface area contributed by atoms with Gasteiger partial charge in [-0.25, -0.2) is 9.97 Å². The number of benzene rings is 1. The molecule has 2 aromatic heterocycles. The number of primary amides is 1. The summed E-state index contributed by atoms with van der Waals surface area (Å²) in [7, 11) is 0. The first kappa shape index (κ1) is 8.84. The number of carbonyl (C=O) groups is 1. The van der Waals surface area contributed by atoms with E-state index in [1.54, 1.807) is 41.3 Å². The van der Waals surface area contributed by atoms with Gasteiger partial charge in [0.05, 0.1) is 5.52 Å². The molecule has 1 aromatic carbocycles. The first-order chi connectivity index (χ1) is 7.75. The molecular formula is C11H8N4O. The van der Waals surface area contributed by atoms with Gasteiger partial charge < -0.3 is 5.73 Å². The van der Waals surface area contributed by atoms with E-state index in [-0.39, 0.29) is 0 Å². The van der Waals surface area contributed by atoms with Crippen molar-refractivity contribution in [1.29, 1.82) is 0 Å². The van der Waals surface area contributed by atoms with Crippen LogP contribution in [0.3, 0.4) is 0 Å². The normalized spacial score (nSPS) is 11.0. The Morgan fingerprint density at radius 2 is 2.19 bits per heavy atom. The molecule has 0 unspecified atom stereocenters. The minimum Gasteiger partial charge on any atom is -0.366 e. The number of hydrogen-bond acceptors (Lipinski definition) is 3. The number of carbonyl (C=O) groups excluding carboxylic acids is 1. The van der Waals surface area contributed by atoms with E-state index in [4.69, 9.17) is 5.73 Å². The van der Waals surface area contributed by atoms with Gasteiger partial charge in [-0.2, -0.15) is 0 Å². The predicted molar refractivity (Wildman–Crippen MR) is 59.0 cm³/mol. The van der Waals surface area contributed by atoms with Gasteiger partial charge in [-0.15, -0.1) is 0 Å². The van der Waals surface area contributed by atoms with E-state index < -0.39 is 5.91 Å². The van der Waals surface area contributed by atoms with Gasteiger partial charge in [0.15, 0.2) is 0 Å². The molecule has 0 spiro atoms. The highest BCUT2D eigenvalue weighted by Gasteiger charge is 2.06. The third kappa shape index (κ3) is 1.15. The number of nitrogens with two attached hydrogens (primary N) is 1. The van der Waals surface area contributed by atoms with Crippen LogP contribution in [-0.4, -0.2) is 20.3 Å². The van der Waals surface area contributed by atoms with Crippen molar-refractivity contribution in [2.45, 2.75) is 0 Å². The van der Waals surface area contributed by atoms with Crippen molar-refractivity contribution in [1.82, 2.24) is 14.4 Å². The van der Waals surface area contributed by atoms with E-state index in [2.05, 4.69) is 9.97 Å². The quantitative estimate of drug-likeness (QED) is 0.653. The van der Waals surface area contributed by atoms with Crippen LogP contribution in [-0.2, 0) is 0 Å². The second-order valence-corrected chi connectivity index (χ2v) is 3.50. The Balaban J connectivity index is 2.46. The van der Waals surface area contributed by atoms with E-state index in [0.717, 1.165) is 16.6 Å². The van der Waals surface area contributed by atoms with Crippen LogP contribution in [0.5, 0.6) is 0 Å². The van der Waals surface area contributed by atoms with Gasteiger partial charge in [-0.3, -0.25) is 9.20 Å². The molecule has 0 aliphatic rings. The first-order valence-electron chi connectivity index (χ1n) is 4.77. The van der Waals surface area contributed by atoms with Crippen LogP contribution >= 0.6 is 0 Å². The van der Waals surface area contributed by atoms with Crippen LogP contribution in [0.1, 0.15) is 10.4 Å².